The van der Waals surface area contributed by atoms with Crippen molar-refractivity contribution in [2.45, 2.75) is 30.2 Å². The summed E-state index contributed by atoms with van der Waals surface area (Å²) in [5.41, 5.74) is 3.66. The molecule has 1 N–H and O–H groups in total. The Labute approximate surface area is 175 Å². The van der Waals surface area contributed by atoms with Gasteiger partial charge in [-0.1, -0.05) is 42.5 Å². The molecule has 6 heteroatoms. The molecule has 0 aliphatic heterocycles. The zero-order chi connectivity index (χ0) is 21.3. The third-order valence-corrected chi connectivity index (χ3v) is 7.00. The number of hydrogen-bond acceptors (Lipinski definition) is 3. The largest absolute Gasteiger partial charge is 0.337 e. The minimum absolute atomic E-state index is 0.0117. The summed E-state index contributed by atoms with van der Waals surface area (Å²) in [4.78, 5) is 13.1. The van der Waals surface area contributed by atoms with E-state index in [-0.39, 0.29) is 22.2 Å². The molecule has 5 nitrogen and oxygen atoms in total. The number of aromatic nitrogens is 1. The van der Waals surface area contributed by atoms with Crippen LogP contribution in [0.3, 0.4) is 0 Å². The van der Waals surface area contributed by atoms with Gasteiger partial charge in [-0.15, -0.1) is 0 Å². The molecular weight excluding hydrogens is 396 g/mol. The van der Waals surface area contributed by atoms with Crippen molar-refractivity contribution in [3.63, 3.8) is 0 Å². The predicted octanol–water partition coefficient (Wildman–Crippen LogP) is 4.73. The number of rotatable bonds is 5. The van der Waals surface area contributed by atoms with Gasteiger partial charge >= 0.3 is 0 Å². The average Bonchev–Trinajstić information content (AvgIpc) is 3.11. The lowest BCUT2D eigenvalue weighted by Gasteiger charge is -2.09. The molecular formula is C24H22N2O3S. The SMILES string of the molecule is Cc1ccc(NC(=O)Cn2cc(S(=O)(=O)c3ccccc3)c3ccccc32)cc1C. The number of sulfone groups is 1. The molecule has 1 amide bonds. The molecule has 0 bridgehead atoms. The summed E-state index contributed by atoms with van der Waals surface area (Å²) in [6, 6.07) is 21.3. The van der Waals surface area contributed by atoms with Crippen molar-refractivity contribution >= 4 is 32.3 Å². The molecule has 0 unspecified atom stereocenters. The third-order valence-electron chi connectivity index (χ3n) is 5.20. The number of hydrogen-bond donors (Lipinski definition) is 1. The Balaban J connectivity index is 1.69. The molecule has 30 heavy (non-hydrogen) atoms. The summed E-state index contributed by atoms with van der Waals surface area (Å²) in [6.45, 7) is 4.02. The van der Waals surface area contributed by atoms with Gasteiger partial charge in [0.2, 0.25) is 15.7 Å². The molecule has 0 spiro atoms. The Morgan fingerprint density at radius 2 is 1.60 bits per heavy atom. The van der Waals surface area contributed by atoms with Crippen LogP contribution in [0, 0.1) is 13.8 Å². The Kier molecular flexibility index (Phi) is 5.18. The molecule has 0 radical (unpaired) electrons. The highest BCUT2D eigenvalue weighted by molar-refractivity contribution is 7.91. The second kappa shape index (κ2) is 7.80. The van der Waals surface area contributed by atoms with E-state index in [1.54, 1.807) is 53.2 Å². The number of aryl methyl sites for hydroxylation is 2. The van der Waals surface area contributed by atoms with Crippen molar-refractivity contribution in [3.05, 3.63) is 90.1 Å². The minimum atomic E-state index is -3.70. The molecule has 0 fully saturated rings. The van der Waals surface area contributed by atoms with Crippen molar-refractivity contribution < 1.29 is 13.2 Å². The van der Waals surface area contributed by atoms with Crippen LogP contribution in [0.15, 0.2) is 88.8 Å². The van der Waals surface area contributed by atoms with Crippen LogP contribution < -0.4 is 5.32 Å². The maximum atomic E-state index is 13.2. The monoisotopic (exact) mass is 418 g/mol. The molecule has 1 aromatic heterocycles. The summed E-state index contributed by atoms with van der Waals surface area (Å²) in [6.07, 6.45) is 1.55. The summed E-state index contributed by atoms with van der Waals surface area (Å²) in [5.74, 6) is -0.220. The molecule has 0 aliphatic rings. The molecule has 4 rings (SSSR count). The van der Waals surface area contributed by atoms with Gasteiger partial charge in [0, 0.05) is 22.8 Å². The number of benzene rings is 3. The number of anilines is 1. The molecule has 0 saturated heterocycles. The van der Waals surface area contributed by atoms with E-state index in [1.165, 1.54) is 0 Å². The van der Waals surface area contributed by atoms with Gasteiger partial charge in [0.05, 0.1) is 9.79 Å². The Bertz CT molecular complexity index is 1340. The Morgan fingerprint density at radius 1 is 0.900 bits per heavy atom. The van der Waals surface area contributed by atoms with Gasteiger partial charge in [0.25, 0.3) is 0 Å². The number of carbonyl (C=O) groups is 1. The van der Waals surface area contributed by atoms with Crippen molar-refractivity contribution in [2.75, 3.05) is 5.32 Å². The summed E-state index contributed by atoms with van der Waals surface area (Å²) < 4.78 is 28.1. The van der Waals surface area contributed by atoms with Crippen LogP contribution >= 0.6 is 0 Å². The number of nitrogens with one attached hydrogen (secondary N) is 1. The van der Waals surface area contributed by atoms with E-state index in [9.17, 15) is 13.2 Å². The molecule has 152 valence electrons. The normalized spacial score (nSPS) is 11.5. The van der Waals surface area contributed by atoms with Crippen LogP contribution in [0.1, 0.15) is 11.1 Å². The van der Waals surface area contributed by atoms with Gasteiger partial charge in [-0.2, -0.15) is 0 Å². The fraction of sp³-hybridized carbons (Fsp3) is 0.125. The maximum Gasteiger partial charge on any atom is 0.244 e. The number of nitrogens with zero attached hydrogens (tertiary/aromatic N) is 1. The van der Waals surface area contributed by atoms with Crippen LogP contribution in [-0.2, 0) is 21.2 Å². The van der Waals surface area contributed by atoms with E-state index in [1.807, 2.05) is 44.2 Å². The predicted molar refractivity (Wildman–Crippen MR) is 118 cm³/mol. The van der Waals surface area contributed by atoms with Gasteiger partial charge in [-0.25, -0.2) is 8.42 Å². The molecule has 0 atom stereocenters. The van der Waals surface area contributed by atoms with Gasteiger partial charge in [0.15, 0.2) is 0 Å². The standard InChI is InChI=1S/C24H22N2O3S/c1-17-12-13-19(14-18(17)2)25-24(27)16-26-15-23(21-10-6-7-11-22(21)26)30(28,29)20-8-4-3-5-9-20/h3-15H,16H2,1-2H3,(H,25,27). The average molecular weight is 419 g/mol. The summed E-state index contributed by atoms with van der Waals surface area (Å²) in [7, 11) is -3.70. The Hall–Kier alpha value is -3.38. The van der Waals surface area contributed by atoms with Crippen molar-refractivity contribution in [1.82, 2.24) is 4.57 Å². The van der Waals surface area contributed by atoms with Crippen molar-refractivity contribution in [2.24, 2.45) is 0 Å². The van der Waals surface area contributed by atoms with Crippen LogP contribution in [0.4, 0.5) is 5.69 Å². The number of amides is 1. The van der Waals surface area contributed by atoms with Gasteiger partial charge < -0.3 is 9.88 Å². The molecule has 3 aromatic carbocycles. The zero-order valence-corrected chi connectivity index (χ0v) is 17.6. The topological polar surface area (TPSA) is 68.2 Å². The third kappa shape index (κ3) is 3.74. The zero-order valence-electron chi connectivity index (χ0n) is 16.8. The second-order valence-corrected chi connectivity index (χ2v) is 9.22. The Morgan fingerprint density at radius 3 is 2.33 bits per heavy atom. The highest BCUT2D eigenvalue weighted by Gasteiger charge is 2.23. The fourth-order valence-electron chi connectivity index (χ4n) is 3.46. The van der Waals surface area contributed by atoms with E-state index in [0.717, 1.165) is 16.8 Å². The van der Waals surface area contributed by atoms with Gasteiger partial charge in [-0.05, 0) is 55.3 Å². The van der Waals surface area contributed by atoms with Gasteiger partial charge in [0.1, 0.15) is 6.54 Å². The van der Waals surface area contributed by atoms with Crippen LogP contribution in [0.5, 0.6) is 0 Å². The lowest BCUT2D eigenvalue weighted by atomic mass is 10.1. The summed E-state index contributed by atoms with van der Waals surface area (Å²) in [5, 5.41) is 3.49. The van der Waals surface area contributed by atoms with Crippen molar-refractivity contribution in [3.8, 4) is 0 Å². The minimum Gasteiger partial charge on any atom is -0.337 e. The quantitative estimate of drug-likeness (QED) is 0.509. The van der Waals surface area contributed by atoms with E-state index in [2.05, 4.69) is 5.32 Å². The smallest absolute Gasteiger partial charge is 0.244 e. The first kappa shape index (κ1) is 19.9. The number of carbonyl (C=O) groups excluding carboxylic acids is 1. The maximum absolute atomic E-state index is 13.2. The van der Waals surface area contributed by atoms with E-state index < -0.39 is 9.84 Å². The van der Waals surface area contributed by atoms with Crippen LogP contribution in [0.2, 0.25) is 0 Å². The first-order valence-electron chi connectivity index (χ1n) is 9.61. The van der Waals surface area contributed by atoms with Crippen LogP contribution in [0.25, 0.3) is 10.9 Å². The molecule has 4 aromatic rings. The van der Waals surface area contributed by atoms with E-state index >= 15 is 0 Å². The molecule has 1 heterocycles. The highest BCUT2D eigenvalue weighted by Crippen LogP contribution is 2.30. The van der Waals surface area contributed by atoms with E-state index in [0.29, 0.717) is 10.9 Å². The van der Waals surface area contributed by atoms with E-state index in [4.69, 9.17) is 0 Å². The van der Waals surface area contributed by atoms with Crippen LogP contribution in [-0.4, -0.2) is 18.9 Å². The highest BCUT2D eigenvalue weighted by atomic mass is 32.2. The summed E-state index contributed by atoms with van der Waals surface area (Å²) >= 11 is 0. The lowest BCUT2D eigenvalue weighted by Crippen LogP contribution is -2.18. The fourth-order valence-corrected chi connectivity index (χ4v) is 4.96. The first-order chi connectivity index (χ1) is 14.4. The molecule has 0 aliphatic carbocycles. The second-order valence-electron chi connectivity index (χ2n) is 7.30. The first-order valence-corrected chi connectivity index (χ1v) is 11.1. The number of para-hydroxylation sites is 1. The van der Waals surface area contributed by atoms with Crippen molar-refractivity contribution in [1.29, 1.82) is 0 Å². The van der Waals surface area contributed by atoms with Gasteiger partial charge in [-0.3, -0.25) is 4.79 Å². The molecule has 0 saturated carbocycles. The lowest BCUT2D eigenvalue weighted by molar-refractivity contribution is -0.116. The number of fused-ring (bicyclic) bond motifs is 1.